The first-order chi connectivity index (χ1) is 9.28. The highest BCUT2D eigenvalue weighted by Crippen LogP contribution is 2.21. The Hall–Kier alpha value is -1.81. The largest absolute Gasteiger partial charge is 0.463 e. The van der Waals surface area contributed by atoms with E-state index in [1.54, 1.807) is 6.07 Å². The molecule has 0 unspecified atom stereocenters. The average molecular weight is 258 g/mol. The molecule has 0 saturated carbocycles. The summed E-state index contributed by atoms with van der Waals surface area (Å²) in [4.78, 5) is 12.0. The summed E-state index contributed by atoms with van der Waals surface area (Å²) in [5, 5.41) is 3.05. The molecule has 0 amide bonds. The van der Waals surface area contributed by atoms with E-state index in [0.717, 1.165) is 30.8 Å². The number of hydrogen-bond acceptors (Lipinski definition) is 3. The Bertz CT molecular complexity index is 640. The van der Waals surface area contributed by atoms with Crippen LogP contribution in [0.25, 0.3) is 0 Å². The smallest absolute Gasteiger partial charge is 0.251 e. The van der Waals surface area contributed by atoms with Crippen LogP contribution in [0.2, 0.25) is 0 Å². The Morgan fingerprint density at radius 2 is 2.05 bits per heavy atom. The van der Waals surface area contributed by atoms with E-state index in [1.165, 1.54) is 11.3 Å². The summed E-state index contributed by atoms with van der Waals surface area (Å²) >= 11 is 0. The first-order valence-corrected chi connectivity index (χ1v) is 6.71. The van der Waals surface area contributed by atoms with Crippen molar-refractivity contribution in [3.63, 3.8) is 0 Å². The van der Waals surface area contributed by atoms with Gasteiger partial charge in [-0.05, 0) is 44.0 Å². The van der Waals surface area contributed by atoms with E-state index in [1.807, 2.05) is 29.8 Å². The van der Waals surface area contributed by atoms with Crippen LogP contribution < -0.4 is 10.9 Å². The molecule has 0 bridgehead atoms. The lowest BCUT2D eigenvalue weighted by molar-refractivity contribution is 0.440. The van der Waals surface area contributed by atoms with E-state index in [2.05, 4.69) is 5.32 Å². The molecule has 4 heteroatoms. The van der Waals surface area contributed by atoms with Gasteiger partial charge in [-0.1, -0.05) is 6.07 Å². The lowest BCUT2D eigenvalue weighted by Crippen LogP contribution is -2.23. The van der Waals surface area contributed by atoms with Crippen molar-refractivity contribution in [3.05, 3.63) is 57.4 Å². The Labute approximate surface area is 112 Å². The first kappa shape index (κ1) is 12.2. The van der Waals surface area contributed by atoms with Crippen molar-refractivity contribution in [1.29, 1.82) is 0 Å². The quantitative estimate of drug-likeness (QED) is 0.908. The van der Waals surface area contributed by atoms with E-state index < -0.39 is 0 Å². The van der Waals surface area contributed by atoms with Crippen LogP contribution >= 0.6 is 0 Å². The lowest BCUT2D eigenvalue weighted by Gasteiger charge is -2.10. The molecule has 1 N–H and O–H groups in total. The molecule has 4 nitrogen and oxygen atoms in total. The van der Waals surface area contributed by atoms with Crippen LogP contribution in [0.1, 0.15) is 29.2 Å². The van der Waals surface area contributed by atoms with Crippen LogP contribution in [0.5, 0.6) is 0 Å². The van der Waals surface area contributed by atoms with Gasteiger partial charge in [-0.2, -0.15) is 0 Å². The van der Waals surface area contributed by atoms with Gasteiger partial charge in [0.2, 0.25) is 0 Å². The molecule has 1 aliphatic rings. The number of fused-ring (bicyclic) bond motifs is 1. The van der Waals surface area contributed by atoms with E-state index in [-0.39, 0.29) is 5.56 Å². The highest BCUT2D eigenvalue weighted by molar-refractivity contribution is 5.26. The maximum atomic E-state index is 12.0. The van der Waals surface area contributed by atoms with E-state index >= 15 is 0 Å². The van der Waals surface area contributed by atoms with Gasteiger partial charge in [-0.15, -0.1) is 0 Å². The van der Waals surface area contributed by atoms with Gasteiger partial charge in [0.25, 0.3) is 5.56 Å². The predicted octanol–water partition coefficient (Wildman–Crippen LogP) is 1.70. The monoisotopic (exact) mass is 258 g/mol. The van der Waals surface area contributed by atoms with Gasteiger partial charge in [0, 0.05) is 11.8 Å². The third-order valence-corrected chi connectivity index (χ3v) is 3.63. The molecule has 0 spiro atoms. The number of rotatable bonds is 4. The molecule has 2 aromatic rings. The van der Waals surface area contributed by atoms with E-state index in [4.69, 9.17) is 4.42 Å². The minimum Gasteiger partial charge on any atom is -0.463 e. The summed E-state index contributed by atoms with van der Waals surface area (Å²) in [6.45, 7) is 1.24. The maximum Gasteiger partial charge on any atom is 0.251 e. The second-order valence-electron chi connectivity index (χ2n) is 4.98. The zero-order valence-corrected chi connectivity index (χ0v) is 11.1. The average Bonchev–Trinajstić information content (AvgIpc) is 3.02. The second kappa shape index (κ2) is 5.05. The number of hydrogen-bond donors (Lipinski definition) is 1. The number of aryl methyl sites for hydroxylation is 1. The summed E-state index contributed by atoms with van der Waals surface area (Å²) in [7, 11) is 1.89. The number of pyridine rings is 1. The van der Waals surface area contributed by atoms with Crippen molar-refractivity contribution in [2.24, 2.45) is 0 Å². The minimum absolute atomic E-state index is 0.0622. The first-order valence-electron chi connectivity index (χ1n) is 6.71. The van der Waals surface area contributed by atoms with Crippen molar-refractivity contribution in [3.8, 4) is 0 Å². The molecule has 2 aromatic heterocycles. The van der Waals surface area contributed by atoms with Crippen molar-refractivity contribution >= 4 is 0 Å². The molecule has 0 saturated heterocycles. The van der Waals surface area contributed by atoms with E-state index in [0.29, 0.717) is 13.1 Å². The van der Waals surface area contributed by atoms with Crippen LogP contribution in [0, 0.1) is 0 Å². The molecule has 19 heavy (non-hydrogen) atoms. The number of nitrogens with one attached hydrogen (secondary N) is 1. The van der Waals surface area contributed by atoms with Crippen LogP contribution in [0.15, 0.2) is 33.5 Å². The van der Waals surface area contributed by atoms with Gasteiger partial charge in [0.15, 0.2) is 0 Å². The lowest BCUT2D eigenvalue weighted by atomic mass is 10.2. The van der Waals surface area contributed by atoms with E-state index in [9.17, 15) is 4.79 Å². The minimum atomic E-state index is 0.0622. The second-order valence-corrected chi connectivity index (χ2v) is 4.98. The topological polar surface area (TPSA) is 47.2 Å². The zero-order chi connectivity index (χ0) is 13.2. The Kier molecular flexibility index (Phi) is 3.25. The third-order valence-electron chi connectivity index (χ3n) is 3.63. The van der Waals surface area contributed by atoms with Crippen molar-refractivity contribution < 1.29 is 4.42 Å². The molecular weight excluding hydrogens is 240 g/mol. The molecule has 1 aliphatic carbocycles. The molecule has 0 aliphatic heterocycles. The predicted molar refractivity (Wildman–Crippen MR) is 73.3 cm³/mol. The summed E-state index contributed by atoms with van der Waals surface area (Å²) in [5.41, 5.74) is 2.55. The molecule has 100 valence electrons. The molecule has 0 fully saturated rings. The zero-order valence-electron chi connectivity index (χ0n) is 11.1. The van der Waals surface area contributed by atoms with Crippen LogP contribution in [-0.4, -0.2) is 11.6 Å². The molecule has 0 radical (unpaired) electrons. The Morgan fingerprint density at radius 1 is 1.21 bits per heavy atom. The number of nitrogens with zero attached hydrogens (tertiary/aromatic N) is 1. The molecule has 2 heterocycles. The maximum absolute atomic E-state index is 12.0. The van der Waals surface area contributed by atoms with Gasteiger partial charge in [0.05, 0.1) is 13.1 Å². The highest BCUT2D eigenvalue weighted by Gasteiger charge is 2.16. The van der Waals surface area contributed by atoms with Crippen LogP contribution in [0.4, 0.5) is 0 Å². The summed E-state index contributed by atoms with van der Waals surface area (Å²) in [5.74, 6) is 1.74. The molecule has 0 atom stereocenters. The summed E-state index contributed by atoms with van der Waals surface area (Å²) < 4.78 is 7.57. The van der Waals surface area contributed by atoms with Crippen molar-refractivity contribution in [2.45, 2.75) is 32.4 Å². The van der Waals surface area contributed by atoms with Crippen molar-refractivity contribution in [1.82, 2.24) is 9.88 Å². The van der Waals surface area contributed by atoms with Crippen molar-refractivity contribution in [2.75, 3.05) is 7.05 Å². The van der Waals surface area contributed by atoms with Gasteiger partial charge in [0.1, 0.15) is 11.5 Å². The Morgan fingerprint density at radius 3 is 2.89 bits per heavy atom. The van der Waals surface area contributed by atoms with Gasteiger partial charge in [-0.3, -0.25) is 4.79 Å². The SMILES string of the molecule is CNCc1ccc(Cn2c3c(ccc2=O)CCC3)o1. The van der Waals surface area contributed by atoms with Gasteiger partial charge < -0.3 is 14.3 Å². The molecule has 0 aromatic carbocycles. The van der Waals surface area contributed by atoms with Crippen LogP contribution in [0.3, 0.4) is 0 Å². The fourth-order valence-electron chi connectivity index (χ4n) is 2.74. The van der Waals surface area contributed by atoms with Gasteiger partial charge >= 0.3 is 0 Å². The molecule has 3 rings (SSSR count). The summed E-state index contributed by atoms with van der Waals surface area (Å²) in [6.07, 6.45) is 3.22. The highest BCUT2D eigenvalue weighted by atomic mass is 16.3. The van der Waals surface area contributed by atoms with Gasteiger partial charge in [-0.25, -0.2) is 0 Å². The molecular formula is C15H18N2O2. The summed E-state index contributed by atoms with van der Waals surface area (Å²) in [6, 6.07) is 7.55. The standard InChI is InChI=1S/C15H18N2O2/c1-16-9-12-6-7-13(19-12)10-17-14-4-2-3-11(14)5-8-15(17)18/h5-8,16H,2-4,9-10H2,1H3. The normalized spacial score (nSPS) is 13.7. The third kappa shape index (κ3) is 2.36. The number of furan rings is 1. The fraction of sp³-hybridized carbons (Fsp3) is 0.400. The Balaban J connectivity index is 1.90. The van der Waals surface area contributed by atoms with Crippen LogP contribution in [-0.2, 0) is 25.9 Å². The fourth-order valence-corrected chi connectivity index (χ4v) is 2.74. The number of aromatic nitrogens is 1.